The van der Waals surface area contributed by atoms with Crippen molar-refractivity contribution in [1.82, 2.24) is 0 Å². The first-order valence-electron chi connectivity index (χ1n) is 5.26. The summed E-state index contributed by atoms with van der Waals surface area (Å²) in [5.74, 6) is 0. The number of aryl methyl sites for hydroxylation is 1. The minimum atomic E-state index is 0.194. The summed E-state index contributed by atoms with van der Waals surface area (Å²) in [4.78, 5) is 0. The van der Waals surface area contributed by atoms with E-state index >= 15 is 0 Å². The van der Waals surface area contributed by atoms with Crippen LogP contribution in [0, 0.1) is 6.92 Å². The summed E-state index contributed by atoms with van der Waals surface area (Å²) in [7, 11) is 0. The molecule has 0 amide bonds. The third kappa shape index (κ3) is 1.45. The smallest absolute Gasteiger partial charge is 0.0610 e. The molecule has 0 saturated heterocycles. The lowest BCUT2D eigenvalue weighted by Gasteiger charge is -2.37. The molecule has 2 rings (SSSR count). The zero-order chi connectivity index (χ0) is 10.2. The molecule has 1 aliphatic heterocycles. The van der Waals surface area contributed by atoms with Crippen molar-refractivity contribution in [2.24, 2.45) is 0 Å². The molecule has 0 bridgehead atoms. The highest BCUT2D eigenvalue weighted by Crippen LogP contribution is 2.33. The molecular formula is C12H18N2. The Hall–Kier alpha value is -1.18. The zero-order valence-corrected chi connectivity index (χ0v) is 9.15. The van der Waals surface area contributed by atoms with Crippen molar-refractivity contribution in [3.8, 4) is 0 Å². The van der Waals surface area contributed by atoms with Crippen LogP contribution in [0.4, 0.5) is 11.4 Å². The van der Waals surface area contributed by atoms with E-state index in [4.69, 9.17) is 0 Å². The molecule has 1 heterocycles. The monoisotopic (exact) mass is 190 g/mol. The maximum atomic E-state index is 3.63. The van der Waals surface area contributed by atoms with Gasteiger partial charge in [0.25, 0.3) is 0 Å². The van der Waals surface area contributed by atoms with Gasteiger partial charge in [0.05, 0.1) is 16.9 Å². The minimum absolute atomic E-state index is 0.194. The standard InChI is InChI=1S/C12H18N2/c1-4-12(3)8-13-10-7-5-6-9(2)11(10)14-12/h5-7,13-14H,4,8H2,1-3H3. The molecule has 0 aromatic heterocycles. The molecule has 1 aromatic carbocycles. The molecule has 0 radical (unpaired) electrons. The molecule has 0 saturated carbocycles. The van der Waals surface area contributed by atoms with Gasteiger partial charge in [0.1, 0.15) is 0 Å². The van der Waals surface area contributed by atoms with Crippen LogP contribution in [0.3, 0.4) is 0 Å². The first-order valence-corrected chi connectivity index (χ1v) is 5.26. The van der Waals surface area contributed by atoms with E-state index in [1.807, 2.05) is 0 Å². The highest BCUT2D eigenvalue weighted by Gasteiger charge is 2.27. The quantitative estimate of drug-likeness (QED) is 0.711. The van der Waals surface area contributed by atoms with Crippen molar-refractivity contribution < 1.29 is 0 Å². The molecule has 2 heteroatoms. The second-order valence-electron chi connectivity index (χ2n) is 4.39. The molecule has 0 fully saturated rings. The van der Waals surface area contributed by atoms with Gasteiger partial charge in [-0.15, -0.1) is 0 Å². The SMILES string of the molecule is CCC1(C)CNc2cccc(C)c2N1. The van der Waals surface area contributed by atoms with Crippen LogP contribution in [0.15, 0.2) is 18.2 Å². The molecule has 1 aliphatic rings. The summed E-state index contributed by atoms with van der Waals surface area (Å²) in [5.41, 5.74) is 4.01. The van der Waals surface area contributed by atoms with Crippen molar-refractivity contribution in [3.05, 3.63) is 23.8 Å². The fraction of sp³-hybridized carbons (Fsp3) is 0.500. The van der Waals surface area contributed by atoms with Crippen molar-refractivity contribution in [2.75, 3.05) is 17.2 Å². The van der Waals surface area contributed by atoms with Gasteiger partial charge in [0.2, 0.25) is 0 Å². The van der Waals surface area contributed by atoms with E-state index in [0.717, 1.165) is 13.0 Å². The molecule has 76 valence electrons. The molecule has 2 N–H and O–H groups in total. The number of hydrogen-bond donors (Lipinski definition) is 2. The van der Waals surface area contributed by atoms with Crippen LogP contribution >= 0.6 is 0 Å². The fourth-order valence-corrected chi connectivity index (χ4v) is 1.83. The van der Waals surface area contributed by atoms with E-state index in [0.29, 0.717) is 0 Å². The molecule has 0 aliphatic carbocycles. The maximum absolute atomic E-state index is 3.63. The van der Waals surface area contributed by atoms with Gasteiger partial charge in [0.15, 0.2) is 0 Å². The summed E-state index contributed by atoms with van der Waals surface area (Å²) in [6, 6.07) is 6.37. The second kappa shape index (κ2) is 3.19. The topological polar surface area (TPSA) is 24.1 Å². The number of fused-ring (bicyclic) bond motifs is 1. The molecule has 1 aromatic rings. The lowest BCUT2D eigenvalue weighted by molar-refractivity contribution is 0.513. The predicted octanol–water partition coefficient (Wildman–Crippen LogP) is 3.00. The van der Waals surface area contributed by atoms with Crippen LogP contribution in [-0.2, 0) is 0 Å². The first-order chi connectivity index (χ1) is 6.64. The Kier molecular flexibility index (Phi) is 2.14. The van der Waals surface area contributed by atoms with Gasteiger partial charge in [-0.2, -0.15) is 0 Å². The normalized spacial score (nSPS) is 24.8. The predicted molar refractivity (Wildman–Crippen MR) is 62.0 cm³/mol. The molecule has 0 spiro atoms. The molecular weight excluding hydrogens is 172 g/mol. The number of para-hydroxylation sites is 1. The summed E-state index contributed by atoms with van der Waals surface area (Å²) >= 11 is 0. The van der Waals surface area contributed by atoms with Crippen LogP contribution in [0.1, 0.15) is 25.8 Å². The molecule has 1 atom stereocenters. The molecule has 1 unspecified atom stereocenters. The van der Waals surface area contributed by atoms with Crippen molar-refractivity contribution in [1.29, 1.82) is 0 Å². The number of rotatable bonds is 1. The molecule has 2 nitrogen and oxygen atoms in total. The average molecular weight is 190 g/mol. The van der Waals surface area contributed by atoms with E-state index in [-0.39, 0.29) is 5.54 Å². The molecule has 14 heavy (non-hydrogen) atoms. The van der Waals surface area contributed by atoms with E-state index < -0.39 is 0 Å². The van der Waals surface area contributed by atoms with Gasteiger partial charge in [-0.05, 0) is 31.9 Å². The fourth-order valence-electron chi connectivity index (χ4n) is 1.83. The lowest BCUT2D eigenvalue weighted by atomic mass is 9.94. The van der Waals surface area contributed by atoms with Gasteiger partial charge in [-0.1, -0.05) is 19.1 Å². The van der Waals surface area contributed by atoms with Crippen LogP contribution < -0.4 is 10.6 Å². The highest BCUT2D eigenvalue weighted by atomic mass is 15.1. The Morgan fingerprint density at radius 3 is 2.93 bits per heavy atom. The van der Waals surface area contributed by atoms with Crippen molar-refractivity contribution in [3.63, 3.8) is 0 Å². The van der Waals surface area contributed by atoms with Crippen LogP contribution in [0.25, 0.3) is 0 Å². The number of hydrogen-bond acceptors (Lipinski definition) is 2. The number of benzene rings is 1. The van der Waals surface area contributed by atoms with Crippen molar-refractivity contribution >= 4 is 11.4 Å². The van der Waals surface area contributed by atoms with E-state index in [1.54, 1.807) is 0 Å². The van der Waals surface area contributed by atoms with Gasteiger partial charge >= 0.3 is 0 Å². The summed E-state index contributed by atoms with van der Waals surface area (Å²) < 4.78 is 0. The van der Waals surface area contributed by atoms with Gasteiger partial charge in [0, 0.05) is 6.54 Å². The largest absolute Gasteiger partial charge is 0.381 e. The Bertz CT molecular complexity index is 346. The van der Waals surface area contributed by atoms with E-state index in [9.17, 15) is 0 Å². The minimum Gasteiger partial charge on any atom is -0.381 e. The Morgan fingerprint density at radius 2 is 2.21 bits per heavy atom. The first kappa shape index (κ1) is 9.38. The Balaban J connectivity index is 2.38. The summed E-state index contributed by atoms with van der Waals surface area (Å²) in [5, 5.41) is 7.11. The van der Waals surface area contributed by atoms with E-state index in [1.165, 1.54) is 16.9 Å². The van der Waals surface area contributed by atoms with Crippen LogP contribution in [0.5, 0.6) is 0 Å². The zero-order valence-electron chi connectivity index (χ0n) is 9.15. The second-order valence-corrected chi connectivity index (χ2v) is 4.39. The van der Waals surface area contributed by atoms with Gasteiger partial charge in [-0.3, -0.25) is 0 Å². The highest BCUT2D eigenvalue weighted by molar-refractivity contribution is 5.75. The number of nitrogens with one attached hydrogen (secondary N) is 2. The third-order valence-corrected chi connectivity index (χ3v) is 3.15. The van der Waals surface area contributed by atoms with Gasteiger partial charge < -0.3 is 10.6 Å². The van der Waals surface area contributed by atoms with Crippen molar-refractivity contribution in [2.45, 2.75) is 32.7 Å². The van der Waals surface area contributed by atoms with E-state index in [2.05, 4.69) is 49.6 Å². The van der Waals surface area contributed by atoms with Gasteiger partial charge in [-0.25, -0.2) is 0 Å². The third-order valence-electron chi connectivity index (χ3n) is 3.15. The van der Waals surface area contributed by atoms with Crippen LogP contribution in [0.2, 0.25) is 0 Å². The lowest BCUT2D eigenvalue weighted by Crippen LogP contribution is -2.44. The summed E-state index contributed by atoms with van der Waals surface area (Å²) in [6.45, 7) is 7.63. The Labute approximate surface area is 85.7 Å². The average Bonchev–Trinajstić information content (AvgIpc) is 2.20. The van der Waals surface area contributed by atoms with Crippen LogP contribution in [-0.4, -0.2) is 12.1 Å². The maximum Gasteiger partial charge on any atom is 0.0610 e. The number of anilines is 2. The summed E-state index contributed by atoms with van der Waals surface area (Å²) in [6.07, 6.45) is 1.13. The Morgan fingerprint density at radius 1 is 1.43 bits per heavy atom.